The number of aliphatic hydroxyl groups is 1. The van der Waals surface area contributed by atoms with Gasteiger partial charge in [0, 0.05) is 75.0 Å². The summed E-state index contributed by atoms with van der Waals surface area (Å²) in [7, 11) is 0. The van der Waals surface area contributed by atoms with Crippen LogP contribution in [0.2, 0.25) is 0 Å². The molecular weight excluding hydrogens is 440 g/mol. The number of hydrogen-bond acceptors (Lipinski definition) is 9. The monoisotopic (exact) mass is 472 g/mol. The molecule has 0 spiro atoms. The molecule has 9 heteroatoms. The standard InChI is InChI=1S/C26H32N8O/c35-25-6-2-10-27-11-3-12-28-24-8-7-20(19-30-24)23-9-13-29-26(32-23)31-21-4-1-5-22(18-21)33-14-16-34(25)17-15-33/h1-2,4-5,7-10,13,18-19,25,27,35H,3,6,11-12,14-17H2,(H,28,30)(H,29,31,32). The van der Waals surface area contributed by atoms with Crippen molar-refractivity contribution < 1.29 is 5.11 Å². The van der Waals surface area contributed by atoms with Crippen LogP contribution in [0.25, 0.3) is 11.3 Å². The fraction of sp³-hybridized carbons (Fsp3) is 0.346. The molecule has 1 aromatic carbocycles. The molecule has 8 rings (SSSR count). The summed E-state index contributed by atoms with van der Waals surface area (Å²) in [6.45, 7) is 5.05. The van der Waals surface area contributed by atoms with E-state index in [1.807, 2.05) is 48.8 Å². The number of nitrogens with one attached hydrogen (secondary N) is 3. The Labute approximate surface area is 205 Å². The van der Waals surface area contributed by atoms with Gasteiger partial charge in [-0.25, -0.2) is 15.0 Å². The SMILES string of the molecule is OC1CC=CNCCCNc2ccc(cn2)-c2ccnc(n2)Nc2cccc(c2)N2CCN1CC2. The highest BCUT2D eigenvalue weighted by Crippen LogP contribution is 2.24. The van der Waals surface area contributed by atoms with Gasteiger partial charge >= 0.3 is 0 Å². The number of rotatable bonds is 0. The summed E-state index contributed by atoms with van der Waals surface area (Å²) in [5.74, 6) is 1.38. The molecule has 7 heterocycles. The van der Waals surface area contributed by atoms with Gasteiger partial charge in [0.15, 0.2) is 0 Å². The van der Waals surface area contributed by atoms with Crippen molar-refractivity contribution in [2.24, 2.45) is 0 Å². The lowest BCUT2D eigenvalue weighted by Crippen LogP contribution is -2.50. The highest BCUT2D eigenvalue weighted by atomic mass is 16.3. The van der Waals surface area contributed by atoms with Crippen molar-refractivity contribution in [1.82, 2.24) is 25.2 Å². The first-order valence-electron chi connectivity index (χ1n) is 12.2. The Morgan fingerprint density at radius 1 is 0.971 bits per heavy atom. The third-order valence-electron chi connectivity index (χ3n) is 6.30. The Morgan fingerprint density at radius 2 is 1.89 bits per heavy atom. The number of anilines is 4. The minimum absolute atomic E-state index is 0.464. The number of aromatic nitrogens is 3. The van der Waals surface area contributed by atoms with Crippen LogP contribution in [0.3, 0.4) is 0 Å². The van der Waals surface area contributed by atoms with E-state index in [9.17, 15) is 5.11 Å². The number of piperazine rings is 1. The second-order valence-corrected chi connectivity index (χ2v) is 8.75. The fourth-order valence-electron chi connectivity index (χ4n) is 4.33. The first-order valence-corrected chi connectivity index (χ1v) is 12.2. The lowest BCUT2D eigenvalue weighted by Gasteiger charge is -2.38. The number of nitrogens with zero attached hydrogens (tertiary/aromatic N) is 5. The van der Waals surface area contributed by atoms with Crippen LogP contribution in [0.5, 0.6) is 0 Å². The highest BCUT2D eigenvalue weighted by Gasteiger charge is 2.22. The van der Waals surface area contributed by atoms with Crippen LogP contribution >= 0.6 is 0 Å². The lowest BCUT2D eigenvalue weighted by molar-refractivity contribution is 0.00300. The molecular formula is C26H32N8O. The van der Waals surface area contributed by atoms with Gasteiger partial charge in [0.05, 0.1) is 5.69 Å². The van der Waals surface area contributed by atoms with Crippen LogP contribution in [-0.4, -0.2) is 70.5 Å². The minimum atomic E-state index is -0.464. The maximum atomic E-state index is 10.6. The third-order valence-corrected chi connectivity index (χ3v) is 6.30. The minimum Gasteiger partial charge on any atom is -0.391 e. The van der Waals surface area contributed by atoms with Gasteiger partial charge in [0.1, 0.15) is 12.0 Å². The predicted molar refractivity (Wildman–Crippen MR) is 140 cm³/mol. The van der Waals surface area contributed by atoms with E-state index in [1.165, 1.54) is 0 Å². The molecule has 5 aliphatic heterocycles. The number of benzene rings is 1. The highest BCUT2D eigenvalue weighted by molar-refractivity contribution is 5.65. The molecule has 0 saturated carbocycles. The van der Waals surface area contributed by atoms with Crippen molar-refractivity contribution >= 4 is 23.1 Å². The molecule has 0 aliphatic carbocycles. The zero-order valence-corrected chi connectivity index (χ0v) is 19.8. The van der Waals surface area contributed by atoms with E-state index in [0.29, 0.717) is 12.4 Å². The molecule has 1 atom stereocenters. The Bertz CT molecular complexity index is 1130. The van der Waals surface area contributed by atoms with E-state index in [1.54, 1.807) is 6.20 Å². The van der Waals surface area contributed by atoms with Crippen molar-refractivity contribution in [2.45, 2.75) is 19.1 Å². The molecule has 35 heavy (non-hydrogen) atoms. The third kappa shape index (κ3) is 6.06. The van der Waals surface area contributed by atoms with Crippen molar-refractivity contribution in [2.75, 3.05) is 54.8 Å². The van der Waals surface area contributed by atoms with Crippen LogP contribution in [0.4, 0.5) is 23.1 Å². The first kappa shape index (κ1) is 23.1. The molecule has 2 aromatic heterocycles. The molecule has 1 fully saturated rings. The van der Waals surface area contributed by atoms with Crippen molar-refractivity contribution in [3.63, 3.8) is 0 Å². The molecule has 0 radical (unpaired) electrons. The fourth-order valence-corrected chi connectivity index (χ4v) is 4.33. The molecule has 5 aliphatic rings. The van der Waals surface area contributed by atoms with Gasteiger partial charge < -0.3 is 26.0 Å². The Kier molecular flexibility index (Phi) is 7.35. The Hall–Kier alpha value is -3.69. The predicted octanol–water partition coefficient (Wildman–Crippen LogP) is 3.03. The smallest absolute Gasteiger partial charge is 0.227 e. The molecule has 1 unspecified atom stereocenters. The molecule has 3 aromatic rings. The number of pyridine rings is 1. The van der Waals surface area contributed by atoms with Crippen LogP contribution in [0, 0.1) is 0 Å². The molecule has 9 nitrogen and oxygen atoms in total. The largest absolute Gasteiger partial charge is 0.391 e. The zero-order chi connectivity index (χ0) is 23.9. The van der Waals surface area contributed by atoms with E-state index in [0.717, 1.165) is 74.1 Å². The molecule has 4 N–H and O–H groups in total. The summed E-state index contributed by atoms with van der Waals surface area (Å²) in [5, 5.41) is 20.6. The lowest BCUT2D eigenvalue weighted by atomic mass is 10.2. The topological polar surface area (TPSA) is 101 Å². The van der Waals surface area contributed by atoms with Crippen LogP contribution < -0.4 is 20.9 Å². The average molecular weight is 473 g/mol. The Morgan fingerprint density at radius 3 is 2.74 bits per heavy atom. The van der Waals surface area contributed by atoms with Crippen molar-refractivity contribution in [3.8, 4) is 11.3 Å². The molecule has 1 saturated heterocycles. The number of aliphatic hydroxyl groups excluding tert-OH is 1. The van der Waals surface area contributed by atoms with Crippen molar-refractivity contribution in [3.05, 3.63) is 67.1 Å². The second kappa shape index (κ2) is 11.2. The molecule has 0 amide bonds. The van der Waals surface area contributed by atoms with Crippen LogP contribution in [0.1, 0.15) is 12.8 Å². The van der Waals surface area contributed by atoms with Crippen LogP contribution in [0.15, 0.2) is 67.1 Å². The normalized spacial score (nSPS) is 20.9. The van der Waals surface area contributed by atoms with Gasteiger partial charge in [0.2, 0.25) is 5.95 Å². The molecule has 8 bridgehead atoms. The second-order valence-electron chi connectivity index (χ2n) is 8.75. The van der Waals surface area contributed by atoms with Gasteiger partial charge in [-0.15, -0.1) is 0 Å². The summed E-state index contributed by atoms with van der Waals surface area (Å²) < 4.78 is 0. The maximum Gasteiger partial charge on any atom is 0.227 e. The summed E-state index contributed by atoms with van der Waals surface area (Å²) in [6, 6.07) is 14.2. The van der Waals surface area contributed by atoms with Gasteiger partial charge in [-0.1, -0.05) is 12.1 Å². The maximum absolute atomic E-state index is 10.6. The first-order chi connectivity index (χ1) is 17.2. The quantitative estimate of drug-likeness (QED) is 0.393. The summed E-state index contributed by atoms with van der Waals surface area (Å²) in [6.07, 6.45) is 8.65. The van der Waals surface area contributed by atoms with Crippen molar-refractivity contribution in [1.29, 1.82) is 0 Å². The van der Waals surface area contributed by atoms with E-state index in [4.69, 9.17) is 4.98 Å². The Balaban J connectivity index is 1.36. The van der Waals surface area contributed by atoms with Crippen LogP contribution in [-0.2, 0) is 0 Å². The summed E-state index contributed by atoms with van der Waals surface area (Å²) >= 11 is 0. The number of hydrogen-bond donors (Lipinski definition) is 4. The van der Waals surface area contributed by atoms with E-state index < -0.39 is 6.23 Å². The summed E-state index contributed by atoms with van der Waals surface area (Å²) in [5.41, 5.74) is 3.84. The molecule has 182 valence electrons. The zero-order valence-electron chi connectivity index (χ0n) is 19.8. The van der Waals surface area contributed by atoms with Gasteiger partial charge in [0.25, 0.3) is 0 Å². The average Bonchev–Trinajstić information content (AvgIpc) is 2.90. The van der Waals surface area contributed by atoms with E-state index in [-0.39, 0.29) is 0 Å². The van der Waals surface area contributed by atoms with Gasteiger partial charge in [-0.3, -0.25) is 4.90 Å². The van der Waals surface area contributed by atoms with E-state index >= 15 is 0 Å². The van der Waals surface area contributed by atoms with E-state index in [2.05, 4.69) is 47.9 Å². The van der Waals surface area contributed by atoms with Gasteiger partial charge in [-0.05, 0) is 49.0 Å². The summed E-state index contributed by atoms with van der Waals surface area (Å²) in [4.78, 5) is 18.1. The van der Waals surface area contributed by atoms with Gasteiger partial charge in [-0.2, -0.15) is 0 Å².